The molecule has 2 aromatic carbocycles. The molecule has 4 heteroatoms. The van der Waals surface area contributed by atoms with Gasteiger partial charge in [-0.15, -0.1) is 0 Å². The van der Waals surface area contributed by atoms with Crippen LogP contribution in [-0.4, -0.2) is 6.04 Å². The Labute approximate surface area is 125 Å². The Balaban J connectivity index is 2.20. The molecule has 0 radical (unpaired) electrons. The highest BCUT2D eigenvalue weighted by Gasteiger charge is 2.08. The Morgan fingerprint density at radius 1 is 1.21 bits per heavy atom. The van der Waals surface area contributed by atoms with E-state index in [0.29, 0.717) is 4.90 Å². The van der Waals surface area contributed by atoms with Gasteiger partial charge in [0, 0.05) is 20.3 Å². The molecule has 0 aliphatic rings. The maximum atomic E-state index is 13.6. The van der Waals surface area contributed by atoms with Crippen LogP contribution in [0, 0.1) is 5.82 Å². The topological polar surface area (TPSA) is 26.0 Å². The third-order valence-electron chi connectivity index (χ3n) is 2.61. The van der Waals surface area contributed by atoms with Crippen LogP contribution in [0.3, 0.4) is 0 Å². The quantitative estimate of drug-likeness (QED) is 0.878. The lowest BCUT2D eigenvalue weighted by Gasteiger charge is -2.09. The number of hydrogen-bond acceptors (Lipinski definition) is 2. The van der Waals surface area contributed by atoms with Gasteiger partial charge >= 0.3 is 0 Å². The van der Waals surface area contributed by atoms with E-state index in [4.69, 9.17) is 5.73 Å². The first kappa shape index (κ1) is 14.6. The maximum Gasteiger partial charge on any atom is 0.137 e. The number of rotatable bonds is 4. The van der Waals surface area contributed by atoms with Crippen LogP contribution in [0.2, 0.25) is 0 Å². The van der Waals surface area contributed by atoms with Crippen LogP contribution in [0.1, 0.15) is 12.5 Å². The highest BCUT2D eigenvalue weighted by atomic mass is 79.9. The van der Waals surface area contributed by atoms with E-state index in [1.807, 2.05) is 31.2 Å². The van der Waals surface area contributed by atoms with Crippen LogP contribution in [0.5, 0.6) is 0 Å². The predicted octanol–water partition coefficient (Wildman–Crippen LogP) is 4.63. The third kappa shape index (κ3) is 4.06. The smallest absolute Gasteiger partial charge is 0.137 e. The molecule has 100 valence electrons. The second-order valence-electron chi connectivity index (χ2n) is 4.48. The summed E-state index contributed by atoms with van der Waals surface area (Å²) in [6.45, 7) is 1.98. The van der Waals surface area contributed by atoms with Gasteiger partial charge in [0.05, 0.1) is 0 Å². The minimum absolute atomic E-state index is 0.136. The van der Waals surface area contributed by atoms with Gasteiger partial charge in [0.1, 0.15) is 5.82 Å². The second kappa shape index (κ2) is 6.55. The molecule has 19 heavy (non-hydrogen) atoms. The molecule has 2 rings (SSSR count). The Hall–Kier alpha value is -0.840. The van der Waals surface area contributed by atoms with Gasteiger partial charge in [-0.2, -0.15) is 0 Å². The van der Waals surface area contributed by atoms with Crippen LogP contribution in [-0.2, 0) is 6.42 Å². The molecule has 2 aromatic rings. The fourth-order valence-corrected chi connectivity index (χ4v) is 3.28. The summed E-state index contributed by atoms with van der Waals surface area (Å²) in [6.07, 6.45) is 0.837. The van der Waals surface area contributed by atoms with E-state index >= 15 is 0 Å². The number of nitrogens with two attached hydrogens (primary N) is 1. The standard InChI is InChI=1S/C15H15BrFNS/c1-10(18)8-11-6-7-14(12(16)9-11)19-15-5-3-2-4-13(15)17/h2-7,9-10H,8,18H2,1H3. The Bertz CT molecular complexity index is 572. The average Bonchev–Trinajstić information content (AvgIpc) is 2.34. The third-order valence-corrected chi connectivity index (χ3v) is 4.66. The molecule has 0 saturated carbocycles. The minimum atomic E-state index is -0.195. The van der Waals surface area contributed by atoms with Gasteiger partial charge in [-0.25, -0.2) is 4.39 Å². The van der Waals surface area contributed by atoms with E-state index in [1.54, 1.807) is 12.1 Å². The van der Waals surface area contributed by atoms with Gasteiger partial charge in [0.25, 0.3) is 0 Å². The zero-order valence-corrected chi connectivity index (χ0v) is 13.0. The molecule has 0 saturated heterocycles. The Morgan fingerprint density at radius 3 is 2.58 bits per heavy atom. The first-order valence-electron chi connectivity index (χ1n) is 6.02. The molecule has 1 unspecified atom stereocenters. The zero-order valence-electron chi connectivity index (χ0n) is 10.6. The fourth-order valence-electron chi connectivity index (χ4n) is 1.77. The van der Waals surface area contributed by atoms with E-state index < -0.39 is 0 Å². The summed E-state index contributed by atoms with van der Waals surface area (Å²) in [4.78, 5) is 1.63. The van der Waals surface area contributed by atoms with Gasteiger partial charge in [-0.3, -0.25) is 0 Å². The van der Waals surface area contributed by atoms with Gasteiger partial charge in [-0.05, 0) is 59.1 Å². The molecule has 0 amide bonds. The molecule has 0 aliphatic heterocycles. The van der Waals surface area contributed by atoms with Crippen molar-refractivity contribution in [1.82, 2.24) is 0 Å². The number of benzene rings is 2. The molecule has 0 fully saturated rings. The van der Waals surface area contributed by atoms with Crippen molar-refractivity contribution < 1.29 is 4.39 Å². The molecular formula is C15H15BrFNS. The van der Waals surface area contributed by atoms with E-state index in [-0.39, 0.29) is 11.9 Å². The first-order chi connectivity index (χ1) is 9.06. The van der Waals surface area contributed by atoms with Gasteiger partial charge in [0.15, 0.2) is 0 Å². The highest BCUT2D eigenvalue weighted by Crippen LogP contribution is 2.35. The lowest BCUT2D eigenvalue weighted by molar-refractivity contribution is 0.602. The van der Waals surface area contributed by atoms with E-state index in [0.717, 1.165) is 15.8 Å². The summed E-state index contributed by atoms with van der Waals surface area (Å²) in [5.41, 5.74) is 6.97. The molecule has 0 spiro atoms. The molecule has 1 nitrogen and oxygen atoms in total. The Morgan fingerprint density at radius 2 is 1.95 bits per heavy atom. The number of halogens is 2. The van der Waals surface area contributed by atoms with Crippen LogP contribution in [0.25, 0.3) is 0 Å². The van der Waals surface area contributed by atoms with Crippen molar-refractivity contribution in [1.29, 1.82) is 0 Å². The zero-order chi connectivity index (χ0) is 13.8. The molecule has 1 atom stereocenters. The normalized spacial score (nSPS) is 12.4. The molecule has 0 aromatic heterocycles. The average molecular weight is 340 g/mol. The van der Waals surface area contributed by atoms with Gasteiger partial charge < -0.3 is 5.73 Å². The van der Waals surface area contributed by atoms with Crippen molar-refractivity contribution in [3.05, 3.63) is 58.3 Å². The summed E-state index contributed by atoms with van der Waals surface area (Å²) in [5, 5.41) is 0. The SMILES string of the molecule is CC(N)Cc1ccc(Sc2ccccc2F)c(Br)c1. The summed E-state index contributed by atoms with van der Waals surface area (Å²) in [6, 6.07) is 13.0. The fraction of sp³-hybridized carbons (Fsp3) is 0.200. The van der Waals surface area contributed by atoms with Crippen molar-refractivity contribution in [2.45, 2.75) is 29.2 Å². The predicted molar refractivity (Wildman–Crippen MR) is 82.0 cm³/mol. The highest BCUT2D eigenvalue weighted by molar-refractivity contribution is 9.10. The molecule has 0 heterocycles. The van der Waals surface area contributed by atoms with Crippen molar-refractivity contribution in [3.8, 4) is 0 Å². The molecular weight excluding hydrogens is 325 g/mol. The van der Waals surface area contributed by atoms with Crippen molar-refractivity contribution in [3.63, 3.8) is 0 Å². The summed E-state index contributed by atoms with van der Waals surface area (Å²) in [7, 11) is 0. The van der Waals surface area contributed by atoms with Crippen LogP contribution in [0.15, 0.2) is 56.7 Å². The van der Waals surface area contributed by atoms with E-state index in [9.17, 15) is 4.39 Å². The van der Waals surface area contributed by atoms with Crippen molar-refractivity contribution in [2.24, 2.45) is 5.73 Å². The lowest BCUT2D eigenvalue weighted by atomic mass is 10.1. The van der Waals surface area contributed by atoms with Gasteiger partial charge in [0.2, 0.25) is 0 Å². The summed E-state index contributed by atoms with van der Waals surface area (Å²) in [5.74, 6) is -0.195. The number of hydrogen-bond donors (Lipinski definition) is 1. The van der Waals surface area contributed by atoms with Crippen LogP contribution < -0.4 is 5.73 Å². The summed E-state index contributed by atoms with van der Waals surface area (Å²) < 4.78 is 14.6. The maximum absolute atomic E-state index is 13.6. The van der Waals surface area contributed by atoms with E-state index in [1.165, 1.54) is 23.4 Å². The molecule has 0 bridgehead atoms. The second-order valence-corrected chi connectivity index (χ2v) is 6.42. The minimum Gasteiger partial charge on any atom is -0.328 e. The van der Waals surface area contributed by atoms with Crippen molar-refractivity contribution in [2.75, 3.05) is 0 Å². The lowest BCUT2D eigenvalue weighted by Crippen LogP contribution is -2.17. The molecule has 0 aliphatic carbocycles. The summed E-state index contributed by atoms with van der Waals surface area (Å²) >= 11 is 4.95. The van der Waals surface area contributed by atoms with Crippen LogP contribution in [0.4, 0.5) is 4.39 Å². The van der Waals surface area contributed by atoms with E-state index in [2.05, 4.69) is 15.9 Å². The Kier molecular flexibility index (Phi) is 5.02. The largest absolute Gasteiger partial charge is 0.328 e. The monoisotopic (exact) mass is 339 g/mol. The van der Waals surface area contributed by atoms with Crippen molar-refractivity contribution >= 4 is 27.7 Å². The molecule has 2 N–H and O–H groups in total. The first-order valence-corrected chi connectivity index (χ1v) is 7.63. The van der Waals surface area contributed by atoms with Crippen LogP contribution >= 0.6 is 27.7 Å². The van der Waals surface area contributed by atoms with Gasteiger partial charge in [-0.1, -0.05) is 30.0 Å².